The van der Waals surface area contributed by atoms with Gasteiger partial charge in [0.1, 0.15) is 11.6 Å². The highest BCUT2D eigenvalue weighted by atomic mass is 35.5. The van der Waals surface area contributed by atoms with E-state index in [0.29, 0.717) is 11.6 Å². The Hall–Kier alpha value is -1.74. The van der Waals surface area contributed by atoms with Gasteiger partial charge in [0.25, 0.3) is 0 Å². The molecular formula is C17H19ClFNO. The monoisotopic (exact) mass is 307 g/mol. The Kier molecular flexibility index (Phi) is 5.07. The minimum absolute atomic E-state index is 0.154. The molecule has 0 spiro atoms. The molecule has 1 N–H and O–H groups in total. The molecule has 0 amide bonds. The largest absolute Gasteiger partial charge is 0.491 e. The van der Waals surface area contributed by atoms with E-state index in [4.69, 9.17) is 16.3 Å². The van der Waals surface area contributed by atoms with Crippen molar-refractivity contribution in [1.29, 1.82) is 0 Å². The van der Waals surface area contributed by atoms with E-state index in [1.165, 1.54) is 12.1 Å². The van der Waals surface area contributed by atoms with Crippen LogP contribution < -0.4 is 10.1 Å². The molecule has 2 rings (SSSR count). The fourth-order valence-corrected chi connectivity index (χ4v) is 2.27. The maximum atomic E-state index is 13.0. The van der Waals surface area contributed by atoms with Gasteiger partial charge < -0.3 is 10.1 Å². The summed E-state index contributed by atoms with van der Waals surface area (Å²) in [7, 11) is 0. The first-order valence-corrected chi connectivity index (χ1v) is 7.28. The van der Waals surface area contributed by atoms with E-state index in [1.54, 1.807) is 6.07 Å². The number of hydrogen-bond acceptors (Lipinski definition) is 2. The van der Waals surface area contributed by atoms with Crippen molar-refractivity contribution in [2.24, 2.45) is 0 Å². The van der Waals surface area contributed by atoms with Gasteiger partial charge in [-0.05, 0) is 62.2 Å². The first-order valence-electron chi connectivity index (χ1n) is 6.91. The minimum Gasteiger partial charge on any atom is -0.491 e. The molecule has 0 unspecified atom stereocenters. The highest BCUT2D eigenvalue weighted by molar-refractivity contribution is 6.31. The van der Waals surface area contributed by atoms with Crippen LogP contribution in [0.3, 0.4) is 0 Å². The molecule has 0 aromatic heterocycles. The zero-order valence-electron chi connectivity index (χ0n) is 12.4. The standard InChI is InChI=1S/C17H19ClFNO/c1-11(2)21-15-6-7-17(12(3)8-15)20-10-13-4-5-14(19)9-16(13)18/h4-9,11,20H,10H2,1-3H3. The van der Waals surface area contributed by atoms with Gasteiger partial charge in [0.05, 0.1) is 6.10 Å². The van der Waals surface area contributed by atoms with Gasteiger partial charge in [-0.3, -0.25) is 0 Å². The van der Waals surface area contributed by atoms with Crippen LogP contribution in [-0.4, -0.2) is 6.10 Å². The topological polar surface area (TPSA) is 21.3 Å². The number of aryl methyl sites for hydroxylation is 1. The number of nitrogens with one attached hydrogen (secondary N) is 1. The van der Waals surface area contributed by atoms with E-state index in [-0.39, 0.29) is 11.9 Å². The lowest BCUT2D eigenvalue weighted by Crippen LogP contribution is -2.06. The average molecular weight is 308 g/mol. The van der Waals surface area contributed by atoms with Gasteiger partial charge in [-0.25, -0.2) is 4.39 Å². The highest BCUT2D eigenvalue weighted by Crippen LogP contribution is 2.24. The summed E-state index contributed by atoms with van der Waals surface area (Å²) in [6.07, 6.45) is 0.154. The Labute approximate surface area is 129 Å². The predicted molar refractivity (Wildman–Crippen MR) is 85.7 cm³/mol. The second kappa shape index (κ2) is 6.81. The molecule has 112 valence electrons. The molecule has 4 heteroatoms. The Morgan fingerprint density at radius 2 is 1.95 bits per heavy atom. The molecule has 0 radical (unpaired) electrons. The molecule has 0 saturated carbocycles. The van der Waals surface area contributed by atoms with Crippen LogP contribution >= 0.6 is 11.6 Å². The van der Waals surface area contributed by atoms with E-state index in [9.17, 15) is 4.39 Å². The number of anilines is 1. The molecule has 0 aliphatic rings. The van der Waals surface area contributed by atoms with Gasteiger partial charge in [-0.2, -0.15) is 0 Å². The van der Waals surface area contributed by atoms with Crippen LogP contribution in [0.4, 0.5) is 10.1 Å². The van der Waals surface area contributed by atoms with E-state index >= 15 is 0 Å². The number of halogens is 2. The third kappa shape index (κ3) is 4.36. The van der Waals surface area contributed by atoms with Crippen LogP contribution in [0.5, 0.6) is 5.75 Å². The summed E-state index contributed by atoms with van der Waals surface area (Å²) in [6, 6.07) is 10.3. The van der Waals surface area contributed by atoms with E-state index in [2.05, 4.69) is 5.32 Å². The molecule has 0 atom stereocenters. The van der Waals surface area contributed by atoms with Crippen molar-refractivity contribution in [2.75, 3.05) is 5.32 Å². The van der Waals surface area contributed by atoms with Crippen molar-refractivity contribution in [3.8, 4) is 5.75 Å². The third-order valence-corrected chi connectivity index (χ3v) is 3.41. The Morgan fingerprint density at radius 1 is 1.19 bits per heavy atom. The number of hydrogen-bond donors (Lipinski definition) is 1. The summed E-state index contributed by atoms with van der Waals surface area (Å²) >= 11 is 6.02. The summed E-state index contributed by atoms with van der Waals surface area (Å²) in [5, 5.41) is 3.74. The molecule has 0 aliphatic carbocycles. The van der Waals surface area contributed by atoms with Crippen molar-refractivity contribution < 1.29 is 9.13 Å². The summed E-state index contributed by atoms with van der Waals surface area (Å²) in [4.78, 5) is 0. The lowest BCUT2D eigenvalue weighted by Gasteiger charge is -2.14. The summed E-state index contributed by atoms with van der Waals surface area (Å²) < 4.78 is 18.7. The van der Waals surface area contributed by atoms with Crippen molar-refractivity contribution >= 4 is 17.3 Å². The number of ether oxygens (including phenoxy) is 1. The van der Waals surface area contributed by atoms with Crippen molar-refractivity contribution in [3.63, 3.8) is 0 Å². The fourth-order valence-electron chi connectivity index (χ4n) is 2.04. The summed E-state index contributed by atoms with van der Waals surface area (Å²) in [6.45, 7) is 6.56. The van der Waals surface area contributed by atoms with Crippen LogP contribution in [0.25, 0.3) is 0 Å². The normalized spacial score (nSPS) is 10.8. The molecule has 2 aromatic carbocycles. The van der Waals surface area contributed by atoms with Crippen LogP contribution in [-0.2, 0) is 6.54 Å². The molecule has 0 saturated heterocycles. The van der Waals surface area contributed by atoms with Crippen LogP contribution in [0.1, 0.15) is 25.0 Å². The maximum Gasteiger partial charge on any atom is 0.124 e. The van der Waals surface area contributed by atoms with Crippen molar-refractivity contribution in [2.45, 2.75) is 33.4 Å². The van der Waals surface area contributed by atoms with E-state index in [0.717, 1.165) is 22.6 Å². The summed E-state index contributed by atoms with van der Waals surface area (Å²) in [5.41, 5.74) is 2.96. The van der Waals surface area contributed by atoms with Crippen molar-refractivity contribution in [1.82, 2.24) is 0 Å². The molecular weight excluding hydrogens is 289 g/mol. The maximum absolute atomic E-state index is 13.0. The quantitative estimate of drug-likeness (QED) is 0.821. The first kappa shape index (κ1) is 15.6. The van der Waals surface area contributed by atoms with Crippen molar-refractivity contribution in [3.05, 3.63) is 58.4 Å². The highest BCUT2D eigenvalue weighted by Gasteiger charge is 2.05. The van der Waals surface area contributed by atoms with Gasteiger partial charge in [0.15, 0.2) is 0 Å². The predicted octanol–water partition coefficient (Wildman–Crippen LogP) is 5.19. The van der Waals surface area contributed by atoms with Gasteiger partial charge in [0, 0.05) is 17.3 Å². The molecule has 0 heterocycles. The molecule has 0 bridgehead atoms. The third-order valence-electron chi connectivity index (χ3n) is 3.05. The van der Waals surface area contributed by atoms with Gasteiger partial charge in [0.2, 0.25) is 0 Å². The first-order chi connectivity index (χ1) is 9.95. The number of rotatable bonds is 5. The zero-order chi connectivity index (χ0) is 15.4. The Bertz CT molecular complexity index is 628. The van der Waals surface area contributed by atoms with E-state index in [1.807, 2.05) is 39.0 Å². The molecule has 0 aliphatic heterocycles. The second-order valence-electron chi connectivity index (χ2n) is 5.23. The van der Waals surface area contributed by atoms with Crippen LogP contribution in [0, 0.1) is 12.7 Å². The molecule has 21 heavy (non-hydrogen) atoms. The minimum atomic E-state index is -0.324. The lowest BCUT2D eigenvalue weighted by molar-refractivity contribution is 0.242. The van der Waals surface area contributed by atoms with Crippen LogP contribution in [0.15, 0.2) is 36.4 Å². The van der Waals surface area contributed by atoms with Gasteiger partial charge in [-0.1, -0.05) is 17.7 Å². The van der Waals surface area contributed by atoms with E-state index < -0.39 is 0 Å². The fraction of sp³-hybridized carbons (Fsp3) is 0.294. The number of benzene rings is 2. The summed E-state index contributed by atoms with van der Waals surface area (Å²) in [5.74, 6) is 0.531. The van der Waals surface area contributed by atoms with Gasteiger partial charge in [-0.15, -0.1) is 0 Å². The second-order valence-corrected chi connectivity index (χ2v) is 5.64. The Morgan fingerprint density at radius 3 is 2.57 bits per heavy atom. The SMILES string of the molecule is Cc1cc(OC(C)C)ccc1NCc1ccc(F)cc1Cl. The molecule has 2 aromatic rings. The average Bonchev–Trinajstić information content (AvgIpc) is 2.39. The Balaban J connectivity index is 2.06. The van der Waals surface area contributed by atoms with Crippen LogP contribution in [0.2, 0.25) is 5.02 Å². The zero-order valence-corrected chi connectivity index (χ0v) is 13.2. The molecule has 0 fully saturated rings. The smallest absolute Gasteiger partial charge is 0.124 e. The lowest BCUT2D eigenvalue weighted by atomic mass is 10.1. The van der Waals surface area contributed by atoms with Gasteiger partial charge >= 0.3 is 0 Å². The molecule has 2 nitrogen and oxygen atoms in total.